The van der Waals surface area contributed by atoms with E-state index in [2.05, 4.69) is 0 Å². The second-order valence-electron chi connectivity index (χ2n) is 3.73. The zero-order valence-electron chi connectivity index (χ0n) is 5.60. The molecule has 1 unspecified atom stereocenters. The number of hydrogen-bond acceptors (Lipinski definition) is 1. The average molecular weight is 124 g/mol. The first-order chi connectivity index (χ1) is 4.42. The highest BCUT2D eigenvalue weighted by Gasteiger charge is 2.66. The molecule has 3 rings (SSSR count). The van der Waals surface area contributed by atoms with Crippen LogP contribution in [-0.2, 0) is 4.74 Å². The lowest BCUT2D eigenvalue weighted by Crippen LogP contribution is -2.12. The Kier molecular flexibility index (Phi) is 0.628. The first-order valence-corrected chi connectivity index (χ1v) is 4.10. The van der Waals surface area contributed by atoms with Gasteiger partial charge in [0.05, 0.1) is 11.7 Å². The fraction of sp³-hybridized carbons (Fsp3) is 1.00. The summed E-state index contributed by atoms with van der Waals surface area (Å²) in [6.45, 7) is 0. The van der Waals surface area contributed by atoms with Gasteiger partial charge in [-0.1, -0.05) is 6.42 Å². The number of epoxide rings is 1. The molecule has 0 radical (unpaired) electrons. The minimum Gasteiger partial charge on any atom is -0.366 e. The maximum absolute atomic E-state index is 5.66. The van der Waals surface area contributed by atoms with Crippen LogP contribution in [0.15, 0.2) is 0 Å². The lowest BCUT2D eigenvalue weighted by Gasteiger charge is -2.07. The Hall–Kier alpha value is -0.0400. The standard InChI is InChI=1S/C8H12O/c1-2-6-3-4-7-8(6,5-1)9-7/h6-7H,1-5H2/t6?,7-,8-/m0/s1. The van der Waals surface area contributed by atoms with E-state index in [1.807, 2.05) is 0 Å². The second kappa shape index (κ2) is 1.20. The van der Waals surface area contributed by atoms with Crippen LogP contribution in [0.5, 0.6) is 0 Å². The van der Waals surface area contributed by atoms with E-state index in [9.17, 15) is 0 Å². The second-order valence-corrected chi connectivity index (χ2v) is 3.73. The van der Waals surface area contributed by atoms with Crippen molar-refractivity contribution in [2.45, 2.75) is 43.8 Å². The van der Waals surface area contributed by atoms with Gasteiger partial charge < -0.3 is 4.74 Å². The van der Waals surface area contributed by atoms with E-state index in [4.69, 9.17) is 4.74 Å². The molecule has 1 spiro atoms. The molecule has 0 bridgehead atoms. The van der Waals surface area contributed by atoms with Gasteiger partial charge in [-0.2, -0.15) is 0 Å². The Labute approximate surface area is 55.4 Å². The summed E-state index contributed by atoms with van der Waals surface area (Å²) < 4.78 is 5.66. The van der Waals surface area contributed by atoms with E-state index in [-0.39, 0.29) is 0 Å². The van der Waals surface area contributed by atoms with Crippen LogP contribution in [0, 0.1) is 5.92 Å². The third kappa shape index (κ3) is 0.389. The van der Waals surface area contributed by atoms with Gasteiger partial charge >= 0.3 is 0 Å². The molecule has 0 N–H and O–H groups in total. The van der Waals surface area contributed by atoms with E-state index in [1.165, 1.54) is 32.1 Å². The van der Waals surface area contributed by atoms with Gasteiger partial charge in [-0.3, -0.25) is 0 Å². The summed E-state index contributed by atoms with van der Waals surface area (Å²) in [5.41, 5.74) is 0.472. The lowest BCUT2D eigenvalue weighted by atomic mass is 10.00. The molecule has 1 aliphatic heterocycles. The SMILES string of the molecule is C1CC2CC[C@@H]3O[C@@]23C1. The van der Waals surface area contributed by atoms with Crippen LogP contribution in [0.4, 0.5) is 0 Å². The first kappa shape index (κ1) is 4.73. The van der Waals surface area contributed by atoms with Crippen LogP contribution < -0.4 is 0 Å². The van der Waals surface area contributed by atoms with Gasteiger partial charge in [0, 0.05) is 0 Å². The van der Waals surface area contributed by atoms with Crippen LogP contribution in [-0.4, -0.2) is 11.7 Å². The van der Waals surface area contributed by atoms with E-state index >= 15 is 0 Å². The van der Waals surface area contributed by atoms with Crippen molar-refractivity contribution in [2.75, 3.05) is 0 Å². The van der Waals surface area contributed by atoms with Crippen molar-refractivity contribution < 1.29 is 4.74 Å². The molecule has 1 heterocycles. The molecule has 0 aromatic carbocycles. The molecule has 50 valence electrons. The summed E-state index contributed by atoms with van der Waals surface area (Å²) in [5.74, 6) is 0.975. The van der Waals surface area contributed by atoms with Crippen molar-refractivity contribution in [2.24, 2.45) is 5.92 Å². The zero-order chi connectivity index (χ0) is 5.90. The Morgan fingerprint density at radius 2 is 2.22 bits per heavy atom. The fourth-order valence-electron chi connectivity index (χ4n) is 2.93. The molecule has 1 nitrogen and oxygen atoms in total. The Bertz CT molecular complexity index is 153. The highest BCUT2D eigenvalue weighted by atomic mass is 16.6. The largest absolute Gasteiger partial charge is 0.366 e. The predicted octanol–water partition coefficient (Wildman–Crippen LogP) is 1.72. The maximum atomic E-state index is 5.66. The Morgan fingerprint density at radius 3 is 3.00 bits per heavy atom. The third-order valence-corrected chi connectivity index (χ3v) is 3.44. The Balaban J connectivity index is 1.99. The van der Waals surface area contributed by atoms with Crippen molar-refractivity contribution >= 4 is 0 Å². The molecule has 1 heteroatoms. The molecule has 3 fully saturated rings. The third-order valence-electron chi connectivity index (χ3n) is 3.44. The van der Waals surface area contributed by atoms with Crippen LogP contribution >= 0.6 is 0 Å². The monoisotopic (exact) mass is 124 g/mol. The normalized spacial score (nSPS) is 61.3. The maximum Gasteiger partial charge on any atom is 0.0976 e. The molecular weight excluding hydrogens is 112 g/mol. The van der Waals surface area contributed by atoms with E-state index in [0.29, 0.717) is 11.7 Å². The van der Waals surface area contributed by atoms with Gasteiger partial charge in [-0.25, -0.2) is 0 Å². The van der Waals surface area contributed by atoms with Crippen LogP contribution in [0.25, 0.3) is 0 Å². The predicted molar refractivity (Wildman–Crippen MR) is 34.2 cm³/mol. The van der Waals surface area contributed by atoms with Gasteiger partial charge in [0.15, 0.2) is 0 Å². The molecule has 9 heavy (non-hydrogen) atoms. The average Bonchev–Trinajstić information content (AvgIpc) is 2.30. The summed E-state index contributed by atoms with van der Waals surface area (Å²) in [4.78, 5) is 0. The van der Waals surface area contributed by atoms with E-state index in [1.54, 1.807) is 0 Å². The quantitative estimate of drug-likeness (QED) is 0.448. The van der Waals surface area contributed by atoms with E-state index in [0.717, 1.165) is 5.92 Å². The zero-order valence-corrected chi connectivity index (χ0v) is 5.60. The molecule has 0 aromatic heterocycles. The highest BCUT2D eigenvalue weighted by molar-refractivity contribution is 5.14. The minimum absolute atomic E-state index is 0.472. The van der Waals surface area contributed by atoms with Gasteiger partial charge in [0.25, 0.3) is 0 Å². The molecule has 0 aromatic rings. The van der Waals surface area contributed by atoms with Gasteiger partial charge in [0.1, 0.15) is 0 Å². The summed E-state index contributed by atoms with van der Waals surface area (Å²) in [6, 6.07) is 0. The minimum atomic E-state index is 0.472. The van der Waals surface area contributed by atoms with Gasteiger partial charge in [-0.15, -0.1) is 0 Å². The fourth-order valence-corrected chi connectivity index (χ4v) is 2.93. The summed E-state index contributed by atoms with van der Waals surface area (Å²) >= 11 is 0. The van der Waals surface area contributed by atoms with E-state index < -0.39 is 0 Å². The molecule has 2 saturated carbocycles. The van der Waals surface area contributed by atoms with Crippen molar-refractivity contribution in [3.05, 3.63) is 0 Å². The van der Waals surface area contributed by atoms with Crippen molar-refractivity contribution in [3.8, 4) is 0 Å². The first-order valence-electron chi connectivity index (χ1n) is 4.10. The number of ether oxygens (including phenoxy) is 1. The van der Waals surface area contributed by atoms with Crippen LogP contribution in [0.2, 0.25) is 0 Å². The Morgan fingerprint density at radius 1 is 1.22 bits per heavy atom. The molecule has 1 saturated heterocycles. The summed E-state index contributed by atoms with van der Waals surface area (Å²) in [7, 11) is 0. The summed E-state index contributed by atoms with van der Waals surface area (Å²) in [5, 5.41) is 0. The topological polar surface area (TPSA) is 12.5 Å². The van der Waals surface area contributed by atoms with Crippen LogP contribution in [0.1, 0.15) is 32.1 Å². The molecule has 3 atom stereocenters. The lowest BCUT2D eigenvalue weighted by molar-refractivity contribution is 0.211. The van der Waals surface area contributed by atoms with Crippen molar-refractivity contribution in [1.29, 1.82) is 0 Å². The molecule has 2 aliphatic carbocycles. The van der Waals surface area contributed by atoms with Gasteiger partial charge in [0.2, 0.25) is 0 Å². The molecule has 0 amide bonds. The molecular formula is C8H12O. The smallest absolute Gasteiger partial charge is 0.0976 e. The van der Waals surface area contributed by atoms with Crippen LogP contribution in [0.3, 0.4) is 0 Å². The number of hydrogen-bond donors (Lipinski definition) is 0. The highest BCUT2D eigenvalue weighted by Crippen LogP contribution is 2.61. The number of rotatable bonds is 0. The van der Waals surface area contributed by atoms with Gasteiger partial charge in [-0.05, 0) is 31.6 Å². The summed E-state index contributed by atoms with van der Waals surface area (Å²) in [6.07, 6.45) is 7.81. The van der Waals surface area contributed by atoms with Crippen molar-refractivity contribution in [1.82, 2.24) is 0 Å². The molecule has 3 aliphatic rings. The van der Waals surface area contributed by atoms with Crippen molar-refractivity contribution in [3.63, 3.8) is 0 Å².